The van der Waals surface area contributed by atoms with E-state index in [4.69, 9.17) is 5.11 Å². The predicted octanol–water partition coefficient (Wildman–Crippen LogP) is 4.06. The van der Waals surface area contributed by atoms with Gasteiger partial charge >= 0.3 is 0 Å². The Morgan fingerprint density at radius 1 is 1.21 bits per heavy atom. The van der Waals surface area contributed by atoms with Gasteiger partial charge in [0.05, 0.1) is 0 Å². The van der Waals surface area contributed by atoms with E-state index < -0.39 is 0 Å². The summed E-state index contributed by atoms with van der Waals surface area (Å²) in [5, 5.41) is 8.95. The monoisotopic (exact) mass is 268 g/mol. The fraction of sp³-hybridized carbons (Fsp3) is 0.941. The molecule has 0 aliphatic heterocycles. The van der Waals surface area contributed by atoms with Gasteiger partial charge in [0.25, 0.3) is 0 Å². The van der Waals surface area contributed by atoms with Crippen LogP contribution in [0.25, 0.3) is 0 Å². The number of hydrogen-bond donors (Lipinski definition) is 1. The van der Waals surface area contributed by atoms with Crippen molar-refractivity contribution >= 4 is 5.78 Å². The first-order valence-corrected chi connectivity index (χ1v) is 7.92. The Morgan fingerprint density at radius 3 is 2.32 bits per heavy atom. The molecular formula is C17H32O2. The maximum Gasteiger partial charge on any atom is 0.133 e. The van der Waals surface area contributed by atoms with Crippen molar-refractivity contribution in [2.45, 2.75) is 66.7 Å². The van der Waals surface area contributed by atoms with Crippen LogP contribution in [-0.4, -0.2) is 17.5 Å². The SMILES string of the molecule is CC(=O)[C@H]1CC[C@@H]([C@@H](C)CC[C@@H](C)CCO)C1(C)C. The summed E-state index contributed by atoms with van der Waals surface area (Å²) >= 11 is 0. The van der Waals surface area contributed by atoms with Crippen LogP contribution in [-0.2, 0) is 4.79 Å². The van der Waals surface area contributed by atoms with Gasteiger partial charge in [-0.25, -0.2) is 0 Å². The molecule has 0 amide bonds. The summed E-state index contributed by atoms with van der Waals surface area (Å²) in [7, 11) is 0. The highest BCUT2D eigenvalue weighted by molar-refractivity contribution is 5.79. The highest BCUT2D eigenvalue weighted by Crippen LogP contribution is 2.51. The Morgan fingerprint density at radius 2 is 1.84 bits per heavy atom. The number of ketones is 1. The molecule has 0 spiro atoms. The molecule has 0 radical (unpaired) electrons. The number of aliphatic hydroxyl groups excluding tert-OH is 1. The molecule has 0 unspecified atom stereocenters. The van der Waals surface area contributed by atoms with Crippen molar-refractivity contribution in [3.05, 3.63) is 0 Å². The van der Waals surface area contributed by atoms with Gasteiger partial charge in [-0.3, -0.25) is 4.79 Å². The van der Waals surface area contributed by atoms with E-state index in [1.807, 2.05) is 0 Å². The van der Waals surface area contributed by atoms with Crippen molar-refractivity contribution in [3.8, 4) is 0 Å². The number of carbonyl (C=O) groups is 1. The lowest BCUT2D eigenvalue weighted by Crippen LogP contribution is -2.32. The molecule has 1 N–H and O–H groups in total. The lowest BCUT2D eigenvalue weighted by Gasteiger charge is -2.36. The number of hydrogen-bond acceptors (Lipinski definition) is 2. The highest BCUT2D eigenvalue weighted by atomic mass is 16.3. The van der Waals surface area contributed by atoms with Crippen molar-refractivity contribution in [2.75, 3.05) is 6.61 Å². The van der Waals surface area contributed by atoms with Crippen LogP contribution in [0.3, 0.4) is 0 Å². The molecule has 112 valence electrons. The zero-order chi connectivity index (χ0) is 14.6. The average molecular weight is 268 g/mol. The van der Waals surface area contributed by atoms with Crippen LogP contribution in [0.5, 0.6) is 0 Å². The van der Waals surface area contributed by atoms with Crippen molar-refractivity contribution in [1.82, 2.24) is 0 Å². The Bertz CT molecular complexity index is 296. The fourth-order valence-corrected chi connectivity index (χ4v) is 4.21. The van der Waals surface area contributed by atoms with Gasteiger partial charge in [-0.15, -0.1) is 0 Å². The highest BCUT2D eigenvalue weighted by Gasteiger charge is 2.46. The summed E-state index contributed by atoms with van der Waals surface area (Å²) in [6.07, 6.45) is 5.60. The second kappa shape index (κ2) is 6.88. The number of rotatable bonds is 7. The summed E-state index contributed by atoms with van der Waals surface area (Å²) in [5.74, 6) is 2.59. The van der Waals surface area contributed by atoms with E-state index in [1.54, 1.807) is 6.92 Å². The van der Waals surface area contributed by atoms with E-state index >= 15 is 0 Å². The molecule has 0 bridgehead atoms. The first-order valence-electron chi connectivity index (χ1n) is 7.92. The molecule has 4 atom stereocenters. The van der Waals surface area contributed by atoms with Crippen LogP contribution in [0.1, 0.15) is 66.7 Å². The topological polar surface area (TPSA) is 37.3 Å². The molecule has 1 fully saturated rings. The molecule has 0 saturated heterocycles. The maximum atomic E-state index is 11.8. The standard InChI is InChI=1S/C17H32O2/c1-12(10-11-18)6-7-13(2)15-8-9-16(14(3)19)17(15,4)5/h12-13,15-16,18H,6-11H2,1-5H3/t12-,13+,15+,16-/m1/s1. The van der Waals surface area contributed by atoms with E-state index in [9.17, 15) is 4.79 Å². The summed E-state index contributed by atoms with van der Waals surface area (Å²) in [4.78, 5) is 11.8. The van der Waals surface area contributed by atoms with Gasteiger partial charge in [0, 0.05) is 12.5 Å². The van der Waals surface area contributed by atoms with Crippen molar-refractivity contribution < 1.29 is 9.90 Å². The molecule has 1 saturated carbocycles. The second-order valence-corrected chi connectivity index (χ2v) is 7.34. The van der Waals surface area contributed by atoms with Crippen molar-refractivity contribution in [2.24, 2.45) is 29.1 Å². The first-order chi connectivity index (χ1) is 8.80. The molecule has 0 aromatic carbocycles. The van der Waals surface area contributed by atoms with Gasteiger partial charge in [-0.1, -0.05) is 40.5 Å². The molecule has 0 aromatic rings. The lowest BCUT2D eigenvalue weighted by atomic mass is 9.68. The van der Waals surface area contributed by atoms with Gasteiger partial charge in [-0.2, -0.15) is 0 Å². The lowest BCUT2D eigenvalue weighted by molar-refractivity contribution is -0.124. The molecule has 0 heterocycles. The molecule has 2 heteroatoms. The Kier molecular flexibility index (Phi) is 6.04. The largest absolute Gasteiger partial charge is 0.396 e. The first kappa shape index (κ1) is 16.7. The van der Waals surface area contributed by atoms with Crippen molar-refractivity contribution in [3.63, 3.8) is 0 Å². The zero-order valence-electron chi connectivity index (χ0n) is 13.4. The number of carbonyl (C=O) groups excluding carboxylic acids is 1. The van der Waals surface area contributed by atoms with Gasteiger partial charge in [0.2, 0.25) is 0 Å². The third kappa shape index (κ3) is 4.05. The average Bonchev–Trinajstić information content (AvgIpc) is 2.62. The van der Waals surface area contributed by atoms with E-state index in [1.165, 1.54) is 19.3 Å². The third-order valence-corrected chi connectivity index (χ3v) is 5.53. The van der Waals surface area contributed by atoms with Crippen LogP contribution >= 0.6 is 0 Å². The predicted molar refractivity (Wildman–Crippen MR) is 79.9 cm³/mol. The molecule has 1 aliphatic rings. The van der Waals surface area contributed by atoms with Crippen LogP contribution in [0.2, 0.25) is 0 Å². The zero-order valence-corrected chi connectivity index (χ0v) is 13.4. The molecule has 1 aliphatic carbocycles. The van der Waals surface area contributed by atoms with Crippen LogP contribution in [0, 0.1) is 29.1 Å². The van der Waals surface area contributed by atoms with Gasteiger partial charge in [0.15, 0.2) is 0 Å². The van der Waals surface area contributed by atoms with Gasteiger partial charge < -0.3 is 5.11 Å². The van der Waals surface area contributed by atoms with E-state index in [-0.39, 0.29) is 11.3 Å². The van der Waals surface area contributed by atoms with Crippen molar-refractivity contribution in [1.29, 1.82) is 0 Å². The minimum absolute atomic E-state index is 0.158. The normalized spacial score (nSPS) is 29.2. The molecule has 1 rings (SSSR count). The smallest absolute Gasteiger partial charge is 0.133 e. The number of Topliss-reactive ketones (excluding diaryl/α,β-unsaturated/α-hetero) is 1. The Balaban J connectivity index is 2.53. The quantitative estimate of drug-likeness (QED) is 0.756. The van der Waals surface area contributed by atoms with Crippen LogP contribution in [0.4, 0.5) is 0 Å². The summed E-state index contributed by atoms with van der Waals surface area (Å²) in [5.41, 5.74) is 0.158. The summed E-state index contributed by atoms with van der Waals surface area (Å²) in [6.45, 7) is 11.2. The van der Waals surface area contributed by atoms with Gasteiger partial charge in [0.1, 0.15) is 5.78 Å². The number of aliphatic hydroxyl groups is 1. The molecule has 19 heavy (non-hydrogen) atoms. The minimum Gasteiger partial charge on any atom is -0.396 e. The molecular weight excluding hydrogens is 236 g/mol. The molecule has 0 aromatic heterocycles. The van der Waals surface area contributed by atoms with E-state index in [0.717, 1.165) is 12.8 Å². The maximum absolute atomic E-state index is 11.8. The third-order valence-electron chi connectivity index (χ3n) is 5.53. The minimum atomic E-state index is 0.158. The summed E-state index contributed by atoms with van der Waals surface area (Å²) < 4.78 is 0. The molecule has 2 nitrogen and oxygen atoms in total. The van der Waals surface area contributed by atoms with E-state index in [0.29, 0.717) is 30.1 Å². The van der Waals surface area contributed by atoms with Crippen LogP contribution < -0.4 is 0 Å². The second-order valence-electron chi connectivity index (χ2n) is 7.34. The Labute approximate surface area is 119 Å². The van der Waals surface area contributed by atoms with Gasteiger partial charge in [-0.05, 0) is 49.4 Å². The van der Waals surface area contributed by atoms with Crippen LogP contribution in [0.15, 0.2) is 0 Å². The summed E-state index contributed by atoms with van der Waals surface area (Å²) in [6, 6.07) is 0. The van der Waals surface area contributed by atoms with E-state index in [2.05, 4.69) is 27.7 Å². The Hall–Kier alpha value is -0.370. The fourth-order valence-electron chi connectivity index (χ4n) is 4.21.